The Labute approximate surface area is 120 Å². The molecule has 2 saturated heterocycles. The second-order valence-corrected chi connectivity index (χ2v) is 7.07. The Kier molecular flexibility index (Phi) is 5.36. The first-order valence-electron chi connectivity index (χ1n) is 7.32. The van der Waals surface area contributed by atoms with E-state index in [0.29, 0.717) is 39.3 Å². The molecule has 8 heteroatoms. The van der Waals surface area contributed by atoms with Crippen LogP contribution in [-0.2, 0) is 15.0 Å². The van der Waals surface area contributed by atoms with Gasteiger partial charge in [-0.2, -0.15) is 17.0 Å². The number of piperazine rings is 1. The number of carbonyl (C=O) groups excluding carboxylic acids is 1. The molecule has 0 aliphatic carbocycles. The van der Waals surface area contributed by atoms with E-state index in [2.05, 4.69) is 10.6 Å². The van der Waals surface area contributed by atoms with Gasteiger partial charge in [0.25, 0.3) is 10.2 Å². The Balaban J connectivity index is 2.15. The van der Waals surface area contributed by atoms with Crippen molar-refractivity contribution in [1.29, 1.82) is 0 Å². The summed E-state index contributed by atoms with van der Waals surface area (Å²) in [4.78, 5) is 12.1. The number of rotatable bonds is 4. The van der Waals surface area contributed by atoms with Crippen molar-refractivity contribution in [3.05, 3.63) is 0 Å². The molecule has 2 rings (SSSR count). The highest BCUT2D eigenvalue weighted by molar-refractivity contribution is 7.86. The third-order valence-corrected chi connectivity index (χ3v) is 5.83. The van der Waals surface area contributed by atoms with Crippen LogP contribution in [-0.4, -0.2) is 68.2 Å². The van der Waals surface area contributed by atoms with E-state index in [9.17, 15) is 13.2 Å². The standard InChI is InChI=1S/C12H24N4O3S/c1-2-14-12(17)11-10-13-6-9-16(11)20(18,19)15-7-4-3-5-8-15/h11,13H,2-10H2,1H3,(H,14,17). The van der Waals surface area contributed by atoms with Crippen LogP contribution in [0, 0.1) is 0 Å². The van der Waals surface area contributed by atoms with Crippen molar-refractivity contribution in [3.63, 3.8) is 0 Å². The zero-order chi connectivity index (χ0) is 14.6. The molecular weight excluding hydrogens is 280 g/mol. The predicted octanol–water partition coefficient (Wildman–Crippen LogP) is -0.873. The van der Waals surface area contributed by atoms with Crippen LogP contribution in [0.1, 0.15) is 26.2 Å². The second kappa shape index (κ2) is 6.84. The van der Waals surface area contributed by atoms with E-state index in [4.69, 9.17) is 0 Å². The maximum absolute atomic E-state index is 12.7. The average Bonchev–Trinajstić information content (AvgIpc) is 2.48. The smallest absolute Gasteiger partial charge is 0.282 e. The zero-order valence-electron chi connectivity index (χ0n) is 12.0. The van der Waals surface area contributed by atoms with Crippen LogP contribution in [0.4, 0.5) is 0 Å². The maximum Gasteiger partial charge on any atom is 0.282 e. The summed E-state index contributed by atoms with van der Waals surface area (Å²) in [6.07, 6.45) is 2.88. The summed E-state index contributed by atoms with van der Waals surface area (Å²) < 4.78 is 28.3. The highest BCUT2D eigenvalue weighted by atomic mass is 32.2. The number of hydrogen-bond acceptors (Lipinski definition) is 4. The van der Waals surface area contributed by atoms with Gasteiger partial charge in [0.1, 0.15) is 6.04 Å². The number of nitrogens with one attached hydrogen (secondary N) is 2. The van der Waals surface area contributed by atoms with Crippen LogP contribution in [0.5, 0.6) is 0 Å². The molecule has 7 nitrogen and oxygen atoms in total. The van der Waals surface area contributed by atoms with Crippen LogP contribution in [0.3, 0.4) is 0 Å². The van der Waals surface area contributed by atoms with Crippen molar-refractivity contribution in [2.24, 2.45) is 0 Å². The van der Waals surface area contributed by atoms with Crippen LogP contribution >= 0.6 is 0 Å². The molecule has 0 bridgehead atoms. The number of amides is 1. The summed E-state index contributed by atoms with van der Waals surface area (Å²) >= 11 is 0. The van der Waals surface area contributed by atoms with E-state index in [1.807, 2.05) is 6.92 Å². The lowest BCUT2D eigenvalue weighted by atomic mass is 10.2. The quantitative estimate of drug-likeness (QED) is 0.707. The molecule has 2 heterocycles. The van der Waals surface area contributed by atoms with Crippen molar-refractivity contribution in [1.82, 2.24) is 19.2 Å². The van der Waals surface area contributed by atoms with Gasteiger partial charge in [0.05, 0.1) is 0 Å². The zero-order valence-corrected chi connectivity index (χ0v) is 12.8. The summed E-state index contributed by atoms with van der Waals surface area (Å²) in [5.74, 6) is -0.222. The lowest BCUT2D eigenvalue weighted by Gasteiger charge is -2.38. The number of likely N-dealkylation sites (N-methyl/N-ethyl adjacent to an activating group) is 1. The molecule has 0 radical (unpaired) electrons. The number of hydrogen-bond donors (Lipinski definition) is 2. The molecule has 1 unspecified atom stereocenters. The number of nitrogens with zero attached hydrogens (tertiary/aromatic N) is 2. The van der Waals surface area contributed by atoms with Crippen LogP contribution in [0.2, 0.25) is 0 Å². The molecule has 1 atom stereocenters. The molecule has 1 amide bonds. The Bertz CT molecular complexity index is 434. The van der Waals surface area contributed by atoms with E-state index in [-0.39, 0.29) is 5.91 Å². The van der Waals surface area contributed by atoms with Gasteiger partial charge in [-0.15, -0.1) is 0 Å². The minimum Gasteiger partial charge on any atom is -0.355 e. The molecule has 0 aromatic carbocycles. The highest BCUT2D eigenvalue weighted by Crippen LogP contribution is 2.19. The van der Waals surface area contributed by atoms with E-state index < -0.39 is 16.3 Å². The normalized spacial score (nSPS) is 26.4. The molecule has 0 spiro atoms. The van der Waals surface area contributed by atoms with Crippen molar-refractivity contribution < 1.29 is 13.2 Å². The number of carbonyl (C=O) groups is 1. The van der Waals surface area contributed by atoms with Gasteiger partial charge in [0.2, 0.25) is 5.91 Å². The summed E-state index contributed by atoms with van der Waals surface area (Å²) in [7, 11) is -3.53. The Morgan fingerprint density at radius 3 is 2.60 bits per heavy atom. The van der Waals surface area contributed by atoms with E-state index in [0.717, 1.165) is 19.3 Å². The summed E-state index contributed by atoms with van der Waals surface area (Å²) in [6, 6.07) is -0.643. The molecule has 0 saturated carbocycles. The van der Waals surface area contributed by atoms with E-state index >= 15 is 0 Å². The fourth-order valence-corrected chi connectivity index (χ4v) is 4.55. The Morgan fingerprint density at radius 1 is 1.25 bits per heavy atom. The molecule has 116 valence electrons. The number of piperidine rings is 1. The first kappa shape index (κ1) is 15.7. The average molecular weight is 304 g/mol. The second-order valence-electron chi connectivity index (χ2n) is 5.19. The lowest BCUT2D eigenvalue weighted by molar-refractivity contribution is -0.125. The predicted molar refractivity (Wildman–Crippen MR) is 76.4 cm³/mol. The Hall–Kier alpha value is -0.700. The van der Waals surface area contributed by atoms with Gasteiger partial charge in [0, 0.05) is 39.3 Å². The molecule has 2 aliphatic rings. The molecule has 2 N–H and O–H groups in total. The van der Waals surface area contributed by atoms with Gasteiger partial charge in [-0.3, -0.25) is 4.79 Å². The SMILES string of the molecule is CCNC(=O)C1CNCCN1S(=O)(=O)N1CCCCC1. The van der Waals surface area contributed by atoms with Crippen LogP contribution in [0.15, 0.2) is 0 Å². The summed E-state index contributed by atoms with van der Waals surface area (Å²) in [6.45, 7) is 4.77. The van der Waals surface area contributed by atoms with E-state index in [1.54, 1.807) is 0 Å². The first-order chi connectivity index (χ1) is 9.57. The van der Waals surface area contributed by atoms with Gasteiger partial charge < -0.3 is 10.6 Å². The van der Waals surface area contributed by atoms with Crippen molar-refractivity contribution in [3.8, 4) is 0 Å². The highest BCUT2D eigenvalue weighted by Gasteiger charge is 2.39. The monoisotopic (exact) mass is 304 g/mol. The molecule has 2 aliphatic heterocycles. The minimum absolute atomic E-state index is 0.222. The molecule has 2 fully saturated rings. The third-order valence-electron chi connectivity index (χ3n) is 3.79. The topological polar surface area (TPSA) is 81.8 Å². The van der Waals surface area contributed by atoms with Crippen LogP contribution in [0.25, 0.3) is 0 Å². The lowest BCUT2D eigenvalue weighted by Crippen LogP contribution is -2.62. The molecule has 20 heavy (non-hydrogen) atoms. The molecule has 0 aromatic rings. The van der Waals surface area contributed by atoms with E-state index in [1.165, 1.54) is 8.61 Å². The summed E-state index contributed by atoms with van der Waals surface area (Å²) in [5, 5.41) is 5.81. The fraction of sp³-hybridized carbons (Fsp3) is 0.917. The van der Waals surface area contributed by atoms with Gasteiger partial charge in [-0.25, -0.2) is 0 Å². The van der Waals surface area contributed by atoms with Crippen molar-refractivity contribution >= 4 is 16.1 Å². The fourth-order valence-electron chi connectivity index (χ4n) is 2.72. The first-order valence-corrected chi connectivity index (χ1v) is 8.72. The van der Waals surface area contributed by atoms with Gasteiger partial charge >= 0.3 is 0 Å². The molecular formula is C12H24N4O3S. The largest absolute Gasteiger partial charge is 0.355 e. The van der Waals surface area contributed by atoms with Gasteiger partial charge in [-0.1, -0.05) is 6.42 Å². The molecule has 0 aromatic heterocycles. The Morgan fingerprint density at radius 2 is 1.95 bits per heavy atom. The maximum atomic E-state index is 12.7. The third kappa shape index (κ3) is 3.30. The minimum atomic E-state index is -3.53. The van der Waals surface area contributed by atoms with Gasteiger partial charge in [-0.05, 0) is 19.8 Å². The van der Waals surface area contributed by atoms with Crippen LogP contribution < -0.4 is 10.6 Å². The van der Waals surface area contributed by atoms with Gasteiger partial charge in [0.15, 0.2) is 0 Å². The summed E-state index contributed by atoms with van der Waals surface area (Å²) in [5.41, 5.74) is 0. The van der Waals surface area contributed by atoms with Crippen molar-refractivity contribution in [2.75, 3.05) is 39.3 Å². The van der Waals surface area contributed by atoms with Crippen molar-refractivity contribution in [2.45, 2.75) is 32.2 Å².